The monoisotopic (exact) mass is 211 g/mol. The maximum Gasteiger partial charge on any atom is 0.322 e. The molecule has 0 aliphatic carbocycles. The maximum absolute atomic E-state index is 13.2. The van der Waals surface area contributed by atoms with Crippen molar-refractivity contribution in [2.75, 3.05) is 6.54 Å². The molecule has 0 unspecified atom stereocenters. The number of benzene rings is 1. The second kappa shape index (κ2) is 4.54. The van der Waals surface area contributed by atoms with Gasteiger partial charge in [-0.25, -0.2) is 4.39 Å². The van der Waals surface area contributed by atoms with E-state index in [-0.39, 0.29) is 5.56 Å². The van der Waals surface area contributed by atoms with Crippen molar-refractivity contribution in [1.29, 1.82) is 0 Å². The van der Waals surface area contributed by atoms with Crippen molar-refractivity contribution >= 4 is 11.9 Å². The van der Waals surface area contributed by atoms with Crippen molar-refractivity contribution in [2.24, 2.45) is 0 Å². The summed E-state index contributed by atoms with van der Waals surface area (Å²) in [6.07, 6.45) is 0. The smallest absolute Gasteiger partial charge is 0.322 e. The molecule has 80 valence electrons. The Labute approximate surface area is 85.7 Å². The molecular weight excluding hydrogens is 201 g/mol. The fourth-order valence-corrected chi connectivity index (χ4v) is 1.16. The van der Waals surface area contributed by atoms with E-state index in [0.29, 0.717) is 5.56 Å². The highest BCUT2D eigenvalue weighted by Gasteiger charge is 2.14. The third-order valence-electron chi connectivity index (χ3n) is 1.85. The van der Waals surface area contributed by atoms with Crippen molar-refractivity contribution in [2.45, 2.75) is 6.92 Å². The first-order chi connectivity index (χ1) is 7.02. The van der Waals surface area contributed by atoms with Crippen LogP contribution >= 0.6 is 0 Å². The average molecular weight is 211 g/mol. The normalized spacial score (nSPS) is 9.73. The molecular formula is C10H10FNO3. The lowest BCUT2D eigenvalue weighted by atomic mass is 10.1. The van der Waals surface area contributed by atoms with E-state index < -0.39 is 24.2 Å². The van der Waals surface area contributed by atoms with Crippen molar-refractivity contribution in [3.8, 4) is 0 Å². The Morgan fingerprint density at radius 2 is 2.13 bits per heavy atom. The number of carboxylic acids is 1. The molecule has 0 atom stereocenters. The van der Waals surface area contributed by atoms with E-state index in [0.717, 1.165) is 6.07 Å². The predicted molar refractivity (Wildman–Crippen MR) is 51.1 cm³/mol. The van der Waals surface area contributed by atoms with Crippen LogP contribution in [0.25, 0.3) is 0 Å². The summed E-state index contributed by atoms with van der Waals surface area (Å²) in [6.45, 7) is 1.06. The molecule has 1 aromatic rings. The molecule has 0 fully saturated rings. The van der Waals surface area contributed by atoms with Gasteiger partial charge in [-0.2, -0.15) is 0 Å². The molecule has 1 amide bonds. The minimum atomic E-state index is -1.17. The van der Waals surface area contributed by atoms with Gasteiger partial charge in [0.1, 0.15) is 12.4 Å². The lowest BCUT2D eigenvalue weighted by Gasteiger charge is -2.06. The van der Waals surface area contributed by atoms with Crippen LogP contribution in [0.3, 0.4) is 0 Å². The van der Waals surface area contributed by atoms with E-state index in [9.17, 15) is 14.0 Å². The second-order valence-electron chi connectivity index (χ2n) is 3.01. The maximum atomic E-state index is 13.2. The minimum absolute atomic E-state index is 0.112. The quantitative estimate of drug-likeness (QED) is 0.782. The molecule has 0 saturated heterocycles. The van der Waals surface area contributed by atoms with Gasteiger partial charge in [-0.15, -0.1) is 0 Å². The van der Waals surface area contributed by atoms with Crippen LogP contribution in [-0.2, 0) is 4.79 Å². The SMILES string of the molecule is Cc1cccc(F)c1C(=O)NCC(=O)O. The van der Waals surface area contributed by atoms with E-state index in [4.69, 9.17) is 5.11 Å². The van der Waals surface area contributed by atoms with Crippen molar-refractivity contribution in [3.63, 3.8) is 0 Å². The van der Waals surface area contributed by atoms with Crippen molar-refractivity contribution in [1.82, 2.24) is 5.32 Å². The molecule has 0 bridgehead atoms. The summed E-state index contributed by atoms with van der Waals surface area (Å²) in [4.78, 5) is 21.6. The third-order valence-corrected chi connectivity index (χ3v) is 1.85. The molecule has 0 aliphatic rings. The Balaban J connectivity index is 2.86. The number of carbonyl (C=O) groups is 2. The molecule has 0 aliphatic heterocycles. The van der Waals surface area contributed by atoms with Crippen LogP contribution in [0.2, 0.25) is 0 Å². The number of aryl methyl sites for hydroxylation is 1. The molecule has 1 aromatic carbocycles. The largest absolute Gasteiger partial charge is 0.480 e. The number of amides is 1. The molecule has 1 rings (SSSR count). The van der Waals surface area contributed by atoms with Gasteiger partial charge in [0.15, 0.2) is 0 Å². The van der Waals surface area contributed by atoms with Gasteiger partial charge >= 0.3 is 5.97 Å². The lowest BCUT2D eigenvalue weighted by molar-refractivity contribution is -0.135. The summed E-state index contributed by atoms with van der Waals surface area (Å²) in [6, 6.07) is 4.22. The molecule has 0 spiro atoms. The summed E-state index contributed by atoms with van der Waals surface area (Å²) >= 11 is 0. The zero-order chi connectivity index (χ0) is 11.4. The number of hydrogen-bond acceptors (Lipinski definition) is 2. The van der Waals surface area contributed by atoms with Crippen LogP contribution in [0.5, 0.6) is 0 Å². The summed E-state index contributed by atoms with van der Waals surface area (Å²) in [5.74, 6) is -2.54. The number of aliphatic carboxylic acids is 1. The highest BCUT2D eigenvalue weighted by atomic mass is 19.1. The van der Waals surface area contributed by atoms with Crippen LogP contribution in [-0.4, -0.2) is 23.5 Å². The number of hydrogen-bond donors (Lipinski definition) is 2. The second-order valence-corrected chi connectivity index (χ2v) is 3.01. The van der Waals surface area contributed by atoms with E-state index in [2.05, 4.69) is 5.32 Å². The van der Waals surface area contributed by atoms with E-state index in [1.165, 1.54) is 6.07 Å². The van der Waals surface area contributed by atoms with Crippen LogP contribution in [0, 0.1) is 12.7 Å². The standard InChI is InChI=1S/C10H10FNO3/c1-6-3-2-4-7(11)9(6)10(15)12-5-8(13)14/h2-4H,5H2,1H3,(H,12,15)(H,13,14). The van der Waals surface area contributed by atoms with Gasteiger partial charge in [-0.1, -0.05) is 12.1 Å². The molecule has 4 nitrogen and oxygen atoms in total. The Kier molecular flexibility index (Phi) is 3.38. The van der Waals surface area contributed by atoms with Gasteiger partial charge < -0.3 is 10.4 Å². The van der Waals surface area contributed by atoms with Crippen molar-refractivity contribution in [3.05, 3.63) is 35.1 Å². The number of carbonyl (C=O) groups excluding carboxylic acids is 1. The summed E-state index contributed by atoms with van der Waals surface area (Å²) in [7, 11) is 0. The average Bonchev–Trinajstić information content (AvgIpc) is 2.14. The lowest BCUT2D eigenvalue weighted by Crippen LogP contribution is -2.30. The fraction of sp³-hybridized carbons (Fsp3) is 0.200. The number of halogens is 1. The Morgan fingerprint density at radius 3 is 2.67 bits per heavy atom. The Morgan fingerprint density at radius 1 is 1.47 bits per heavy atom. The van der Waals surface area contributed by atoms with Gasteiger partial charge in [0, 0.05) is 0 Å². The highest BCUT2D eigenvalue weighted by molar-refractivity contribution is 5.97. The van der Waals surface area contributed by atoms with E-state index >= 15 is 0 Å². The molecule has 5 heteroatoms. The number of nitrogens with one attached hydrogen (secondary N) is 1. The first-order valence-electron chi connectivity index (χ1n) is 4.27. The Bertz CT molecular complexity index is 383. The third kappa shape index (κ3) is 2.77. The molecule has 0 aromatic heterocycles. The molecule has 15 heavy (non-hydrogen) atoms. The van der Waals surface area contributed by atoms with Gasteiger partial charge in [0.2, 0.25) is 0 Å². The zero-order valence-corrected chi connectivity index (χ0v) is 8.08. The van der Waals surface area contributed by atoms with Gasteiger partial charge in [-0.3, -0.25) is 9.59 Å². The van der Waals surface area contributed by atoms with Gasteiger partial charge in [0.05, 0.1) is 5.56 Å². The van der Waals surface area contributed by atoms with Crippen LogP contribution in [0.1, 0.15) is 15.9 Å². The van der Waals surface area contributed by atoms with Crippen LogP contribution < -0.4 is 5.32 Å². The predicted octanol–water partition coefficient (Wildman–Crippen LogP) is 0.949. The van der Waals surface area contributed by atoms with Crippen molar-refractivity contribution < 1.29 is 19.1 Å². The van der Waals surface area contributed by atoms with Gasteiger partial charge in [0.25, 0.3) is 5.91 Å². The first-order valence-corrected chi connectivity index (χ1v) is 4.27. The highest BCUT2D eigenvalue weighted by Crippen LogP contribution is 2.11. The topological polar surface area (TPSA) is 66.4 Å². The first kappa shape index (κ1) is 11.2. The van der Waals surface area contributed by atoms with Crippen LogP contribution in [0.15, 0.2) is 18.2 Å². The summed E-state index contributed by atoms with van der Waals surface area (Å²) in [5.41, 5.74) is 0.358. The summed E-state index contributed by atoms with van der Waals surface area (Å²) < 4.78 is 13.2. The molecule has 0 saturated carbocycles. The molecule has 0 radical (unpaired) electrons. The molecule has 2 N–H and O–H groups in total. The number of carboxylic acid groups (broad SMARTS) is 1. The van der Waals surface area contributed by atoms with E-state index in [1.54, 1.807) is 13.0 Å². The fourth-order valence-electron chi connectivity index (χ4n) is 1.16. The molecule has 0 heterocycles. The van der Waals surface area contributed by atoms with E-state index in [1.807, 2.05) is 0 Å². The summed E-state index contributed by atoms with van der Waals surface area (Å²) in [5, 5.41) is 10.4. The zero-order valence-electron chi connectivity index (χ0n) is 8.08. The minimum Gasteiger partial charge on any atom is -0.480 e. The van der Waals surface area contributed by atoms with Gasteiger partial charge in [-0.05, 0) is 18.6 Å². The Hall–Kier alpha value is -1.91. The van der Waals surface area contributed by atoms with Crippen LogP contribution in [0.4, 0.5) is 4.39 Å². The number of rotatable bonds is 3.